The first-order chi connectivity index (χ1) is 26.2. The molecule has 0 aliphatic carbocycles. The Morgan fingerprint density at radius 2 is 0.811 bits per heavy atom. The van der Waals surface area contributed by atoms with Crippen LogP contribution in [0.5, 0.6) is 0 Å². The van der Waals surface area contributed by atoms with Crippen molar-refractivity contribution in [3.8, 4) is 67.5 Å². The van der Waals surface area contributed by atoms with Gasteiger partial charge < -0.3 is 4.42 Å². The van der Waals surface area contributed by atoms with E-state index < -0.39 is 0 Å². The molecule has 0 amide bonds. The van der Waals surface area contributed by atoms with Crippen LogP contribution in [0.1, 0.15) is 0 Å². The molecule has 0 fully saturated rings. The second-order valence-electron chi connectivity index (χ2n) is 13.2. The molecule has 0 spiro atoms. The van der Waals surface area contributed by atoms with Crippen molar-refractivity contribution in [1.29, 1.82) is 0 Å². The van der Waals surface area contributed by atoms with Gasteiger partial charge in [0, 0.05) is 27.5 Å². The Morgan fingerprint density at radius 1 is 0.302 bits per heavy atom. The normalized spacial score (nSPS) is 11.4. The van der Waals surface area contributed by atoms with Gasteiger partial charge in [-0.2, -0.15) is 0 Å². The molecule has 8 aromatic carbocycles. The van der Waals surface area contributed by atoms with Crippen LogP contribution in [-0.2, 0) is 0 Å². The molecule has 0 atom stereocenters. The summed E-state index contributed by atoms with van der Waals surface area (Å²) in [5.41, 5.74) is 11.3. The Morgan fingerprint density at radius 3 is 1.57 bits per heavy atom. The van der Waals surface area contributed by atoms with E-state index in [4.69, 9.17) is 19.4 Å². The SMILES string of the molecule is c1ccc(-c2ccc(-c3nc(-c4ccccc4)nc(-c4cccc5oc6cc(-c7ccc(-c8cccc9ccccc89)cc7)ccc6c45)n3)cc2)cc1. The highest BCUT2D eigenvalue weighted by Crippen LogP contribution is 2.39. The van der Waals surface area contributed by atoms with Gasteiger partial charge in [0.25, 0.3) is 0 Å². The number of benzene rings is 8. The molecule has 0 saturated heterocycles. The smallest absolute Gasteiger partial charge is 0.164 e. The van der Waals surface area contributed by atoms with Gasteiger partial charge in [0.15, 0.2) is 17.5 Å². The molecule has 4 nitrogen and oxygen atoms in total. The maximum atomic E-state index is 6.53. The van der Waals surface area contributed by atoms with Crippen molar-refractivity contribution in [3.63, 3.8) is 0 Å². The van der Waals surface area contributed by atoms with Crippen molar-refractivity contribution in [1.82, 2.24) is 15.0 Å². The Hall–Kier alpha value is -7.17. The second-order valence-corrected chi connectivity index (χ2v) is 13.2. The molecule has 2 heterocycles. The predicted molar refractivity (Wildman–Crippen MR) is 217 cm³/mol. The first-order valence-electron chi connectivity index (χ1n) is 17.8. The highest BCUT2D eigenvalue weighted by Gasteiger charge is 2.18. The van der Waals surface area contributed by atoms with E-state index in [1.165, 1.54) is 27.5 Å². The molecular formula is C49H31N3O. The van der Waals surface area contributed by atoms with Gasteiger partial charge in [-0.3, -0.25) is 0 Å². The van der Waals surface area contributed by atoms with Crippen molar-refractivity contribution in [2.24, 2.45) is 0 Å². The van der Waals surface area contributed by atoms with Crippen LogP contribution in [0, 0.1) is 0 Å². The Balaban J connectivity index is 1.05. The zero-order chi connectivity index (χ0) is 35.1. The van der Waals surface area contributed by atoms with E-state index in [1.54, 1.807) is 0 Å². The van der Waals surface area contributed by atoms with E-state index >= 15 is 0 Å². The number of furan rings is 1. The fraction of sp³-hybridized carbons (Fsp3) is 0. The molecule has 53 heavy (non-hydrogen) atoms. The van der Waals surface area contributed by atoms with Crippen LogP contribution in [0.15, 0.2) is 192 Å². The standard InChI is InChI=1S/C49H31N3O/c1-3-11-32(12-4-1)33-23-27-38(28-24-33)48-50-47(37-14-5-2-6-15-37)51-49(52-48)43-19-10-20-44-46(43)42-30-29-39(31-45(42)53-44)34-21-25-36(26-22-34)41-18-9-16-35-13-7-8-17-40(35)41/h1-31H. The Bertz CT molecular complexity index is 2910. The van der Waals surface area contributed by atoms with Gasteiger partial charge in [0.05, 0.1) is 0 Å². The van der Waals surface area contributed by atoms with Gasteiger partial charge in [0.2, 0.25) is 0 Å². The minimum atomic E-state index is 0.599. The summed E-state index contributed by atoms with van der Waals surface area (Å²) in [7, 11) is 0. The molecular weight excluding hydrogens is 647 g/mol. The average molecular weight is 678 g/mol. The highest BCUT2D eigenvalue weighted by atomic mass is 16.3. The van der Waals surface area contributed by atoms with Gasteiger partial charge in [-0.1, -0.05) is 170 Å². The molecule has 248 valence electrons. The summed E-state index contributed by atoms with van der Waals surface area (Å²) in [4.78, 5) is 15.1. The lowest BCUT2D eigenvalue weighted by molar-refractivity contribution is 0.669. The van der Waals surface area contributed by atoms with Gasteiger partial charge in [0.1, 0.15) is 11.2 Å². The summed E-state index contributed by atoms with van der Waals surface area (Å²) >= 11 is 0. The van der Waals surface area contributed by atoms with Crippen LogP contribution in [0.2, 0.25) is 0 Å². The van der Waals surface area contributed by atoms with E-state index in [-0.39, 0.29) is 0 Å². The lowest BCUT2D eigenvalue weighted by atomic mass is 9.96. The highest BCUT2D eigenvalue weighted by molar-refractivity contribution is 6.12. The topological polar surface area (TPSA) is 51.8 Å². The fourth-order valence-electron chi connectivity index (χ4n) is 7.30. The second kappa shape index (κ2) is 12.9. The van der Waals surface area contributed by atoms with Gasteiger partial charge in [-0.05, 0) is 62.4 Å². The zero-order valence-corrected chi connectivity index (χ0v) is 28.6. The van der Waals surface area contributed by atoms with Crippen LogP contribution in [0.3, 0.4) is 0 Å². The third kappa shape index (κ3) is 5.63. The molecule has 0 radical (unpaired) electrons. The third-order valence-corrected chi connectivity index (χ3v) is 9.97. The minimum Gasteiger partial charge on any atom is -0.456 e. The zero-order valence-electron chi connectivity index (χ0n) is 28.6. The number of hydrogen-bond acceptors (Lipinski definition) is 4. The van der Waals surface area contributed by atoms with E-state index in [2.05, 4.69) is 140 Å². The summed E-state index contributed by atoms with van der Waals surface area (Å²) in [5, 5.41) is 4.49. The lowest BCUT2D eigenvalue weighted by Crippen LogP contribution is -2.00. The molecule has 0 bridgehead atoms. The van der Waals surface area contributed by atoms with E-state index in [1.807, 2.05) is 48.5 Å². The molecule has 0 aliphatic heterocycles. The van der Waals surface area contributed by atoms with E-state index in [0.717, 1.165) is 55.3 Å². The van der Waals surface area contributed by atoms with Crippen molar-refractivity contribution in [3.05, 3.63) is 188 Å². The van der Waals surface area contributed by atoms with Crippen LogP contribution < -0.4 is 0 Å². The summed E-state index contributed by atoms with van der Waals surface area (Å²) in [5.74, 6) is 1.84. The molecule has 10 rings (SSSR count). The van der Waals surface area contributed by atoms with E-state index in [0.29, 0.717) is 17.5 Å². The molecule has 10 aromatic rings. The maximum Gasteiger partial charge on any atom is 0.164 e. The average Bonchev–Trinajstić information content (AvgIpc) is 3.62. The van der Waals surface area contributed by atoms with Gasteiger partial charge in [-0.25, -0.2) is 15.0 Å². The predicted octanol–water partition coefficient (Wildman–Crippen LogP) is 12.9. The molecule has 0 saturated carbocycles. The molecule has 0 N–H and O–H groups in total. The van der Waals surface area contributed by atoms with Crippen molar-refractivity contribution in [2.45, 2.75) is 0 Å². The van der Waals surface area contributed by atoms with E-state index in [9.17, 15) is 0 Å². The number of hydrogen-bond donors (Lipinski definition) is 0. The summed E-state index contributed by atoms with van der Waals surface area (Å²) < 4.78 is 6.53. The summed E-state index contributed by atoms with van der Waals surface area (Å²) in [6, 6.07) is 65.2. The van der Waals surface area contributed by atoms with Gasteiger partial charge in [-0.15, -0.1) is 0 Å². The molecule has 2 aromatic heterocycles. The lowest BCUT2D eigenvalue weighted by Gasteiger charge is -2.10. The van der Waals surface area contributed by atoms with Crippen molar-refractivity contribution >= 4 is 32.7 Å². The van der Waals surface area contributed by atoms with Crippen molar-refractivity contribution in [2.75, 3.05) is 0 Å². The minimum absolute atomic E-state index is 0.599. The number of nitrogens with zero attached hydrogens (tertiary/aromatic N) is 3. The first kappa shape index (κ1) is 30.6. The Labute approximate surface area is 306 Å². The molecule has 0 aliphatic rings. The number of rotatable bonds is 6. The number of aromatic nitrogens is 3. The Kier molecular flexibility index (Phi) is 7.43. The maximum absolute atomic E-state index is 6.53. The van der Waals surface area contributed by atoms with Crippen LogP contribution in [0.4, 0.5) is 0 Å². The van der Waals surface area contributed by atoms with Gasteiger partial charge >= 0.3 is 0 Å². The quantitative estimate of drug-likeness (QED) is 0.176. The molecule has 4 heteroatoms. The summed E-state index contributed by atoms with van der Waals surface area (Å²) in [6.07, 6.45) is 0. The monoisotopic (exact) mass is 677 g/mol. The van der Waals surface area contributed by atoms with Crippen LogP contribution in [0.25, 0.3) is 100 Å². The molecule has 0 unspecified atom stereocenters. The van der Waals surface area contributed by atoms with Crippen LogP contribution >= 0.6 is 0 Å². The van der Waals surface area contributed by atoms with Crippen LogP contribution in [-0.4, -0.2) is 15.0 Å². The summed E-state index contributed by atoms with van der Waals surface area (Å²) in [6.45, 7) is 0. The fourth-order valence-corrected chi connectivity index (χ4v) is 7.30. The van der Waals surface area contributed by atoms with Crippen molar-refractivity contribution < 1.29 is 4.42 Å². The first-order valence-corrected chi connectivity index (χ1v) is 17.8. The number of fused-ring (bicyclic) bond motifs is 4. The third-order valence-electron chi connectivity index (χ3n) is 9.97. The largest absolute Gasteiger partial charge is 0.456 e.